The summed E-state index contributed by atoms with van der Waals surface area (Å²) in [7, 11) is 0. The molecule has 2 N–H and O–H groups in total. The van der Waals surface area contributed by atoms with E-state index in [1.165, 1.54) is 23.1 Å². The molecule has 0 unspecified atom stereocenters. The van der Waals surface area contributed by atoms with E-state index in [2.05, 4.69) is 20.8 Å². The van der Waals surface area contributed by atoms with Gasteiger partial charge in [-0.3, -0.25) is 9.59 Å². The van der Waals surface area contributed by atoms with E-state index in [0.29, 0.717) is 15.9 Å². The number of hydrogen-bond donors (Lipinski definition) is 2. The Balaban J connectivity index is 1.87. The Kier molecular flexibility index (Phi) is 6.12. The highest BCUT2D eigenvalue weighted by Crippen LogP contribution is 2.26. The molecule has 0 saturated heterocycles. The first-order valence-electron chi connectivity index (χ1n) is 7.11. The van der Waals surface area contributed by atoms with Crippen LogP contribution in [0.2, 0.25) is 0 Å². The minimum Gasteiger partial charge on any atom is -0.325 e. The number of carbonyl (C=O) groups is 2. The molecule has 0 atom stereocenters. The van der Waals surface area contributed by atoms with Crippen LogP contribution < -0.4 is 10.6 Å². The van der Waals surface area contributed by atoms with Crippen molar-refractivity contribution >= 4 is 45.7 Å². The number of aryl methyl sites for hydroxylation is 2. The van der Waals surface area contributed by atoms with E-state index < -0.39 is 0 Å². The van der Waals surface area contributed by atoms with E-state index in [1.807, 2.05) is 32.0 Å². The van der Waals surface area contributed by atoms with Gasteiger partial charge in [-0.05, 0) is 31.0 Å². The third kappa shape index (κ3) is 5.33. The third-order valence-corrected chi connectivity index (χ3v) is 4.94. The van der Waals surface area contributed by atoms with E-state index in [-0.39, 0.29) is 17.6 Å². The molecule has 1 heterocycles. The number of thioether (sulfide) groups is 1. The van der Waals surface area contributed by atoms with Crippen molar-refractivity contribution in [1.82, 2.24) is 10.2 Å². The molecule has 8 heteroatoms. The van der Waals surface area contributed by atoms with Crippen LogP contribution in [0.25, 0.3) is 0 Å². The smallest absolute Gasteiger partial charge is 0.234 e. The molecule has 2 aromatic rings. The Hall–Kier alpha value is -1.93. The van der Waals surface area contributed by atoms with Crippen LogP contribution in [0, 0.1) is 13.8 Å². The van der Waals surface area contributed by atoms with Gasteiger partial charge in [0.05, 0.1) is 5.75 Å². The van der Waals surface area contributed by atoms with Crippen molar-refractivity contribution in [3.05, 3.63) is 29.3 Å². The largest absolute Gasteiger partial charge is 0.325 e. The van der Waals surface area contributed by atoms with Crippen LogP contribution >= 0.6 is 23.1 Å². The number of hydrogen-bond acceptors (Lipinski definition) is 6. The fourth-order valence-electron chi connectivity index (χ4n) is 1.71. The minimum atomic E-state index is -0.106. The number of anilines is 2. The molecule has 0 spiro atoms. The summed E-state index contributed by atoms with van der Waals surface area (Å²) in [4.78, 5) is 23.3. The number of carbonyl (C=O) groups excluding carboxylic acids is 2. The van der Waals surface area contributed by atoms with Gasteiger partial charge in [-0.1, -0.05) is 42.2 Å². The lowest BCUT2D eigenvalue weighted by molar-refractivity contribution is -0.116. The molecule has 6 nitrogen and oxygen atoms in total. The van der Waals surface area contributed by atoms with E-state index in [1.54, 1.807) is 6.92 Å². The standard InChI is InChI=1S/C15H18N4O2S2/c1-4-12(20)17-14-18-19-15(23-14)22-8-13(21)16-11-7-9(2)5-6-10(11)3/h5-7H,4,8H2,1-3H3,(H,16,21)(H,17,18,20). The van der Waals surface area contributed by atoms with E-state index in [0.717, 1.165) is 16.8 Å². The van der Waals surface area contributed by atoms with E-state index in [4.69, 9.17) is 0 Å². The topological polar surface area (TPSA) is 84.0 Å². The summed E-state index contributed by atoms with van der Waals surface area (Å²) in [5, 5.41) is 13.8. The van der Waals surface area contributed by atoms with Crippen molar-refractivity contribution in [2.45, 2.75) is 31.5 Å². The number of benzene rings is 1. The maximum absolute atomic E-state index is 12.0. The van der Waals surface area contributed by atoms with Crippen LogP contribution in [0.15, 0.2) is 22.5 Å². The first-order chi connectivity index (χ1) is 11.0. The summed E-state index contributed by atoms with van der Waals surface area (Å²) >= 11 is 2.55. The Morgan fingerprint density at radius 3 is 2.70 bits per heavy atom. The second-order valence-corrected chi connectivity index (χ2v) is 7.13. The van der Waals surface area contributed by atoms with Gasteiger partial charge in [0.15, 0.2) is 4.34 Å². The van der Waals surface area contributed by atoms with Crippen molar-refractivity contribution in [1.29, 1.82) is 0 Å². The number of aromatic nitrogens is 2. The van der Waals surface area contributed by atoms with Crippen LogP contribution in [-0.4, -0.2) is 27.8 Å². The van der Waals surface area contributed by atoms with E-state index in [9.17, 15) is 9.59 Å². The first-order valence-corrected chi connectivity index (χ1v) is 8.91. The van der Waals surface area contributed by atoms with Crippen LogP contribution in [0.1, 0.15) is 24.5 Å². The Bertz CT molecular complexity index is 715. The van der Waals surface area contributed by atoms with Crippen LogP contribution in [0.3, 0.4) is 0 Å². The molecule has 122 valence electrons. The zero-order valence-corrected chi connectivity index (χ0v) is 14.8. The average Bonchev–Trinajstić information content (AvgIpc) is 2.96. The molecule has 0 saturated carbocycles. The van der Waals surface area contributed by atoms with Gasteiger partial charge in [-0.15, -0.1) is 10.2 Å². The second kappa shape index (κ2) is 8.07. The highest BCUT2D eigenvalue weighted by Gasteiger charge is 2.10. The zero-order valence-electron chi connectivity index (χ0n) is 13.2. The van der Waals surface area contributed by atoms with Crippen molar-refractivity contribution in [2.24, 2.45) is 0 Å². The summed E-state index contributed by atoms with van der Waals surface area (Å²) in [5.41, 5.74) is 2.94. The van der Waals surface area contributed by atoms with Gasteiger partial charge in [0, 0.05) is 12.1 Å². The summed E-state index contributed by atoms with van der Waals surface area (Å²) in [6.07, 6.45) is 0.389. The number of nitrogens with zero attached hydrogens (tertiary/aromatic N) is 2. The first kappa shape index (κ1) is 17.4. The highest BCUT2D eigenvalue weighted by molar-refractivity contribution is 8.01. The summed E-state index contributed by atoms with van der Waals surface area (Å²) in [6, 6.07) is 5.93. The highest BCUT2D eigenvalue weighted by atomic mass is 32.2. The van der Waals surface area contributed by atoms with Gasteiger partial charge in [0.25, 0.3) is 0 Å². The van der Waals surface area contributed by atoms with Crippen LogP contribution in [0.4, 0.5) is 10.8 Å². The second-order valence-electron chi connectivity index (χ2n) is 4.93. The van der Waals surface area contributed by atoms with Crippen molar-refractivity contribution in [2.75, 3.05) is 16.4 Å². The molecule has 2 amide bonds. The number of rotatable bonds is 6. The molecule has 1 aromatic carbocycles. The Morgan fingerprint density at radius 1 is 1.17 bits per heavy atom. The molecule has 0 aliphatic heterocycles. The predicted octanol–water partition coefficient (Wildman–Crippen LogP) is 3.23. The lowest BCUT2D eigenvalue weighted by atomic mass is 10.1. The molecule has 0 aliphatic rings. The van der Waals surface area contributed by atoms with Gasteiger partial charge < -0.3 is 10.6 Å². The zero-order chi connectivity index (χ0) is 16.8. The SMILES string of the molecule is CCC(=O)Nc1nnc(SCC(=O)Nc2cc(C)ccc2C)s1. The van der Waals surface area contributed by atoms with Crippen LogP contribution in [-0.2, 0) is 9.59 Å². The number of amides is 2. The fraction of sp³-hybridized carbons (Fsp3) is 0.333. The lowest BCUT2D eigenvalue weighted by Crippen LogP contribution is -2.14. The monoisotopic (exact) mass is 350 g/mol. The lowest BCUT2D eigenvalue weighted by Gasteiger charge is -2.08. The van der Waals surface area contributed by atoms with Gasteiger partial charge in [-0.2, -0.15) is 0 Å². The summed E-state index contributed by atoms with van der Waals surface area (Å²) < 4.78 is 0.646. The number of nitrogens with one attached hydrogen (secondary N) is 2. The summed E-state index contributed by atoms with van der Waals surface area (Å²) in [5.74, 6) is 0.0346. The molecule has 0 bridgehead atoms. The minimum absolute atomic E-state index is 0.0990. The molecule has 1 aromatic heterocycles. The average molecular weight is 350 g/mol. The maximum atomic E-state index is 12.0. The molecule has 0 fully saturated rings. The Morgan fingerprint density at radius 2 is 1.96 bits per heavy atom. The Labute approximate surface area is 143 Å². The van der Waals surface area contributed by atoms with E-state index >= 15 is 0 Å². The van der Waals surface area contributed by atoms with Gasteiger partial charge in [0.1, 0.15) is 0 Å². The molecular formula is C15H18N4O2S2. The normalized spacial score (nSPS) is 10.4. The predicted molar refractivity (Wildman–Crippen MR) is 94.1 cm³/mol. The van der Waals surface area contributed by atoms with Gasteiger partial charge in [0.2, 0.25) is 16.9 Å². The van der Waals surface area contributed by atoms with Crippen molar-refractivity contribution < 1.29 is 9.59 Å². The maximum Gasteiger partial charge on any atom is 0.234 e. The van der Waals surface area contributed by atoms with Gasteiger partial charge >= 0.3 is 0 Å². The molecule has 0 aliphatic carbocycles. The molecule has 2 rings (SSSR count). The molecular weight excluding hydrogens is 332 g/mol. The fourth-order valence-corrected chi connectivity index (χ4v) is 3.28. The van der Waals surface area contributed by atoms with Gasteiger partial charge in [-0.25, -0.2) is 0 Å². The molecule has 23 heavy (non-hydrogen) atoms. The van der Waals surface area contributed by atoms with Crippen molar-refractivity contribution in [3.8, 4) is 0 Å². The van der Waals surface area contributed by atoms with Crippen LogP contribution in [0.5, 0.6) is 0 Å². The third-order valence-electron chi connectivity index (χ3n) is 2.97. The quantitative estimate of drug-likeness (QED) is 0.617. The molecule has 0 radical (unpaired) electrons. The van der Waals surface area contributed by atoms with Crippen molar-refractivity contribution in [3.63, 3.8) is 0 Å². The summed E-state index contributed by atoms with van der Waals surface area (Å²) in [6.45, 7) is 5.70.